The van der Waals surface area contributed by atoms with Crippen LogP contribution in [0.2, 0.25) is 0 Å². The number of pyridine rings is 1. The monoisotopic (exact) mass is 652 g/mol. The number of rotatable bonds is 7. The summed E-state index contributed by atoms with van der Waals surface area (Å²) in [6.45, 7) is 8.90. The molecule has 0 atom stereocenters. The van der Waals surface area contributed by atoms with E-state index >= 15 is 0 Å². The van der Waals surface area contributed by atoms with Gasteiger partial charge in [0, 0.05) is 50.9 Å². The number of fused-ring (bicyclic) bond motifs is 1. The van der Waals surface area contributed by atoms with Crippen molar-refractivity contribution in [3.8, 4) is 17.2 Å². The molecule has 1 saturated heterocycles. The topological polar surface area (TPSA) is 178 Å². The van der Waals surface area contributed by atoms with Gasteiger partial charge >= 0.3 is 5.97 Å². The third-order valence-electron chi connectivity index (χ3n) is 7.30. The predicted octanol–water partition coefficient (Wildman–Crippen LogP) is 4.06. The van der Waals surface area contributed by atoms with Crippen LogP contribution in [0.25, 0.3) is 10.9 Å². The van der Waals surface area contributed by atoms with Crippen LogP contribution in [-0.4, -0.2) is 79.4 Å². The number of carbonyl (C=O) groups is 2. The number of aryl methyl sites for hydroxylation is 1. The summed E-state index contributed by atoms with van der Waals surface area (Å²) in [5.41, 5.74) is 8.65. The zero-order chi connectivity index (χ0) is 33.8. The van der Waals surface area contributed by atoms with Crippen molar-refractivity contribution >= 4 is 44.2 Å². The first kappa shape index (κ1) is 34.1. The van der Waals surface area contributed by atoms with E-state index in [9.17, 15) is 23.1 Å². The highest BCUT2D eigenvalue weighted by Gasteiger charge is 2.21. The molecule has 13 nitrogen and oxygen atoms in total. The normalized spacial score (nSPS) is 13.5. The SMILES string of the molecule is COc1c(N)cc(C(C)(C)C)cc1NS(C)(=O)=O.Cn1c(C(=O)O)cc2cccc(Oc3ccnc(C(=O)N4CCNCC4)c3)c21. The summed E-state index contributed by atoms with van der Waals surface area (Å²) in [6.07, 6.45) is 2.63. The van der Waals surface area contributed by atoms with Gasteiger partial charge in [0.1, 0.15) is 17.1 Å². The highest BCUT2D eigenvalue weighted by Crippen LogP contribution is 2.37. The Balaban J connectivity index is 0.000000232. The van der Waals surface area contributed by atoms with Crippen LogP contribution in [0, 0.1) is 0 Å². The highest BCUT2D eigenvalue weighted by atomic mass is 32.2. The van der Waals surface area contributed by atoms with Gasteiger partial charge in [-0.2, -0.15) is 0 Å². The molecule has 0 radical (unpaired) electrons. The van der Waals surface area contributed by atoms with Crippen molar-refractivity contribution < 1.29 is 32.6 Å². The fraction of sp³-hybridized carbons (Fsp3) is 0.344. The van der Waals surface area contributed by atoms with Gasteiger partial charge < -0.3 is 35.1 Å². The van der Waals surface area contributed by atoms with Crippen molar-refractivity contribution in [3.05, 3.63) is 71.7 Å². The van der Waals surface area contributed by atoms with Gasteiger partial charge in [0.15, 0.2) is 11.5 Å². The van der Waals surface area contributed by atoms with Crippen molar-refractivity contribution in [3.63, 3.8) is 0 Å². The van der Waals surface area contributed by atoms with Crippen LogP contribution in [0.1, 0.15) is 47.3 Å². The van der Waals surface area contributed by atoms with Crippen LogP contribution in [-0.2, 0) is 22.5 Å². The van der Waals surface area contributed by atoms with Gasteiger partial charge in [0.25, 0.3) is 5.91 Å². The maximum atomic E-state index is 12.7. The number of methoxy groups -OCH3 is 1. The first-order valence-corrected chi connectivity index (χ1v) is 16.4. The summed E-state index contributed by atoms with van der Waals surface area (Å²) < 4.78 is 37.8. The number of hydrogen-bond donors (Lipinski definition) is 4. The molecule has 1 aliphatic rings. The lowest BCUT2D eigenvalue weighted by Crippen LogP contribution is -2.46. The number of benzene rings is 2. The van der Waals surface area contributed by atoms with E-state index in [2.05, 4.69) is 15.0 Å². The molecule has 0 aliphatic carbocycles. The van der Waals surface area contributed by atoms with Crippen molar-refractivity contribution in [1.29, 1.82) is 0 Å². The number of nitrogens with one attached hydrogen (secondary N) is 2. The lowest BCUT2D eigenvalue weighted by Gasteiger charge is -2.27. The molecule has 0 bridgehead atoms. The number of carboxylic acids is 1. The smallest absolute Gasteiger partial charge is 0.352 e. The molecule has 0 unspecified atom stereocenters. The van der Waals surface area contributed by atoms with Crippen molar-refractivity contribution in [2.24, 2.45) is 7.05 Å². The second kappa shape index (κ2) is 13.7. The Labute approximate surface area is 268 Å². The summed E-state index contributed by atoms with van der Waals surface area (Å²) in [5.74, 6) is 0.196. The molecule has 3 heterocycles. The minimum Gasteiger partial charge on any atom is -0.492 e. The van der Waals surface area contributed by atoms with Crippen molar-refractivity contribution in [2.75, 3.05) is 50.0 Å². The second-order valence-electron chi connectivity index (χ2n) is 11.9. The summed E-state index contributed by atoms with van der Waals surface area (Å²) in [5, 5.41) is 13.3. The van der Waals surface area contributed by atoms with Gasteiger partial charge in [-0.25, -0.2) is 13.2 Å². The van der Waals surface area contributed by atoms with Gasteiger partial charge in [0.2, 0.25) is 10.0 Å². The van der Waals surface area contributed by atoms with Gasteiger partial charge in [-0.1, -0.05) is 32.9 Å². The van der Waals surface area contributed by atoms with Crippen LogP contribution in [0.4, 0.5) is 11.4 Å². The number of anilines is 2. The maximum Gasteiger partial charge on any atom is 0.352 e. The number of ether oxygens (including phenoxy) is 2. The first-order chi connectivity index (χ1) is 21.6. The van der Waals surface area contributed by atoms with E-state index in [-0.39, 0.29) is 17.0 Å². The number of amides is 1. The fourth-order valence-corrected chi connectivity index (χ4v) is 5.55. The average molecular weight is 653 g/mol. The molecule has 14 heteroatoms. The maximum absolute atomic E-state index is 12.7. The number of carboxylic acid groups (broad SMARTS) is 1. The minimum atomic E-state index is -3.37. The summed E-state index contributed by atoms with van der Waals surface area (Å²) >= 11 is 0. The number of nitrogens with two attached hydrogens (primary N) is 1. The molecule has 2 aromatic heterocycles. The Morgan fingerprint density at radius 2 is 1.78 bits per heavy atom. The van der Waals surface area contributed by atoms with E-state index in [0.29, 0.717) is 52.9 Å². The van der Waals surface area contributed by atoms with Gasteiger partial charge in [0.05, 0.1) is 30.3 Å². The number of piperazine rings is 1. The molecular weight excluding hydrogens is 612 g/mol. The van der Waals surface area contributed by atoms with E-state index in [1.165, 1.54) is 7.11 Å². The third kappa shape index (κ3) is 8.06. The molecule has 1 fully saturated rings. The summed E-state index contributed by atoms with van der Waals surface area (Å²) in [7, 11) is -0.235. The van der Waals surface area contributed by atoms with Crippen molar-refractivity contribution in [2.45, 2.75) is 26.2 Å². The molecule has 0 spiro atoms. The zero-order valence-electron chi connectivity index (χ0n) is 26.7. The van der Waals surface area contributed by atoms with Crippen LogP contribution in [0.15, 0.2) is 54.7 Å². The molecule has 0 saturated carbocycles. The standard InChI is InChI=1S/C20H20N4O4.C12H20N2O3S/c1-23-16(20(26)27)11-13-3-2-4-17(18(13)23)28-14-5-6-22-15(12-14)19(25)24-9-7-21-8-10-24;1-12(2,3)8-6-9(13)11(17-4)10(7-8)14-18(5,15)16/h2-6,11-12,21H,7-10H2,1H3,(H,26,27);6-7,14H,13H2,1-5H3. The van der Waals surface area contributed by atoms with Gasteiger partial charge in [-0.3, -0.25) is 14.5 Å². The summed E-state index contributed by atoms with van der Waals surface area (Å²) in [4.78, 5) is 30.0. The zero-order valence-corrected chi connectivity index (χ0v) is 27.6. The minimum absolute atomic E-state index is 0.128. The molecule has 1 aliphatic heterocycles. The number of hydrogen-bond acceptors (Lipinski definition) is 9. The van der Waals surface area contributed by atoms with E-state index in [0.717, 1.165) is 30.3 Å². The van der Waals surface area contributed by atoms with Crippen LogP contribution < -0.4 is 25.2 Å². The van der Waals surface area contributed by atoms with E-state index in [4.69, 9.17) is 15.2 Å². The van der Waals surface area contributed by atoms with Crippen LogP contribution >= 0.6 is 0 Å². The van der Waals surface area contributed by atoms with Crippen LogP contribution in [0.5, 0.6) is 17.2 Å². The lowest BCUT2D eigenvalue weighted by atomic mass is 9.86. The Kier molecular flexibility index (Phi) is 10.1. The third-order valence-corrected chi connectivity index (χ3v) is 7.89. The molecule has 1 amide bonds. The Bertz CT molecular complexity index is 1860. The van der Waals surface area contributed by atoms with Gasteiger partial charge in [-0.15, -0.1) is 0 Å². The number of para-hydroxylation sites is 1. The molecule has 46 heavy (non-hydrogen) atoms. The van der Waals surface area contributed by atoms with Crippen LogP contribution in [0.3, 0.4) is 0 Å². The van der Waals surface area contributed by atoms with Gasteiger partial charge in [-0.05, 0) is 41.3 Å². The molecule has 5 rings (SSSR count). The summed E-state index contributed by atoms with van der Waals surface area (Å²) in [6, 6.07) is 13.8. The molecule has 2 aromatic carbocycles. The number of sulfonamides is 1. The van der Waals surface area contributed by atoms with E-state index < -0.39 is 16.0 Å². The highest BCUT2D eigenvalue weighted by molar-refractivity contribution is 7.92. The fourth-order valence-electron chi connectivity index (χ4n) is 5.00. The number of aromatic carboxylic acids is 1. The number of carbonyl (C=O) groups excluding carboxylic acids is 1. The average Bonchev–Trinajstić information content (AvgIpc) is 3.34. The molecular formula is C32H40N6O7S. The number of aromatic nitrogens is 2. The van der Waals surface area contributed by atoms with E-state index in [1.807, 2.05) is 26.8 Å². The largest absolute Gasteiger partial charge is 0.492 e. The second-order valence-corrected chi connectivity index (χ2v) is 13.6. The lowest BCUT2D eigenvalue weighted by molar-refractivity contribution is 0.0685. The predicted molar refractivity (Wildman–Crippen MR) is 178 cm³/mol. The Morgan fingerprint density at radius 3 is 2.39 bits per heavy atom. The molecule has 246 valence electrons. The van der Waals surface area contributed by atoms with Crippen molar-refractivity contribution in [1.82, 2.24) is 19.8 Å². The first-order valence-electron chi connectivity index (χ1n) is 14.5. The van der Waals surface area contributed by atoms with E-state index in [1.54, 1.807) is 65.2 Å². The quantitative estimate of drug-likeness (QED) is 0.213. The number of nitrogen functional groups attached to an aromatic ring is 1. The Hall–Kier alpha value is -4.82. The molecule has 5 N–H and O–H groups in total. The molecule has 4 aromatic rings. The number of nitrogens with zero attached hydrogens (tertiary/aromatic N) is 3. The Morgan fingerprint density at radius 1 is 1.09 bits per heavy atom.